The SMILES string of the molecule is CCCOCCC[n+]1cc[nH]c1CCCC#N. The summed E-state index contributed by atoms with van der Waals surface area (Å²) >= 11 is 0. The van der Waals surface area contributed by atoms with Crippen molar-refractivity contribution in [3.8, 4) is 6.07 Å². The van der Waals surface area contributed by atoms with Crippen molar-refractivity contribution in [1.82, 2.24) is 4.98 Å². The molecule has 17 heavy (non-hydrogen) atoms. The summed E-state index contributed by atoms with van der Waals surface area (Å²) in [6.45, 7) is 4.78. The average molecular weight is 236 g/mol. The number of ether oxygens (including phenoxy) is 1. The smallest absolute Gasteiger partial charge is 0.254 e. The first kappa shape index (κ1) is 13.7. The second-order valence-corrected chi connectivity index (χ2v) is 4.08. The lowest BCUT2D eigenvalue weighted by Crippen LogP contribution is -2.36. The van der Waals surface area contributed by atoms with Crippen molar-refractivity contribution < 1.29 is 9.30 Å². The van der Waals surface area contributed by atoms with Crippen LogP contribution in [0.5, 0.6) is 0 Å². The van der Waals surface area contributed by atoms with Crippen LogP contribution in [0.15, 0.2) is 12.4 Å². The van der Waals surface area contributed by atoms with Crippen LogP contribution in [0.1, 0.15) is 38.4 Å². The summed E-state index contributed by atoms with van der Waals surface area (Å²) < 4.78 is 7.67. The molecule has 4 heteroatoms. The molecule has 0 saturated carbocycles. The van der Waals surface area contributed by atoms with Gasteiger partial charge in [0.25, 0.3) is 5.82 Å². The monoisotopic (exact) mass is 236 g/mol. The normalized spacial score (nSPS) is 10.4. The number of rotatable bonds is 9. The minimum absolute atomic E-state index is 0.624. The molecule has 0 fully saturated rings. The van der Waals surface area contributed by atoms with E-state index in [1.54, 1.807) is 0 Å². The van der Waals surface area contributed by atoms with E-state index in [-0.39, 0.29) is 0 Å². The molecular formula is C13H22N3O+. The lowest BCUT2D eigenvalue weighted by molar-refractivity contribution is -0.703. The van der Waals surface area contributed by atoms with Gasteiger partial charge in [0.15, 0.2) is 0 Å². The first-order chi connectivity index (χ1) is 8.38. The van der Waals surface area contributed by atoms with Gasteiger partial charge in [-0.25, -0.2) is 9.55 Å². The van der Waals surface area contributed by atoms with Gasteiger partial charge in [-0.15, -0.1) is 0 Å². The van der Waals surface area contributed by atoms with Crippen molar-refractivity contribution in [3.63, 3.8) is 0 Å². The molecule has 0 aliphatic carbocycles. The fraction of sp³-hybridized carbons (Fsp3) is 0.692. The van der Waals surface area contributed by atoms with Crippen LogP contribution in [0.2, 0.25) is 0 Å². The Labute approximate surface area is 103 Å². The Kier molecular flexibility index (Phi) is 7.08. The molecule has 4 nitrogen and oxygen atoms in total. The van der Waals surface area contributed by atoms with Crippen molar-refractivity contribution in [2.24, 2.45) is 0 Å². The van der Waals surface area contributed by atoms with E-state index in [9.17, 15) is 0 Å². The summed E-state index contributed by atoms with van der Waals surface area (Å²) in [4.78, 5) is 3.23. The second kappa shape index (κ2) is 8.77. The summed E-state index contributed by atoms with van der Waals surface area (Å²) in [5.41, 5.74) is 0. The van der Waals surface area contributed by atoms with Crippen LogP contribution in [0.4, 0.5) is 0 Å². The lowest BCUT2D eigenvalue weighted by Gasteiger charge is -2.02. The summed E-state index contributed by atoms with van der Waals surface area (Å²) in [5, 5.41) is 8.50. The van der Waals surface area contributed by atoms with Crippen LogP contribution in [0.25, 0.3) is 0 Å². The number of unbranched alkanes of at least 4 members (excludes halogenated alkanes) is 1. The first-order valence-corrected chi connectivity index (χ1v) is 6.39. The largest absolute Gasteiger partial charge is 0.381 e. The number of aromatic amines is 1. The maximum absolute atomic E-state index is 8.50. The van der Waals surface area contributed by atoms with Crippen molar-refractivity contribution in [1.29, 1.82) is 5.26 Å². The Morgan fingerprint density at radius 1 is 1.41 bits per heavy atom. The number of nitrogens with zero attached hydrogens (tertiary/aromatic N) is 2. The van der Waals surface area contributed by atoms with Gasteiger partial charge in [0.05, 0.1) is 25.6 Å². The van der Waals surface area contributed by atoms with Gasteiger partial charge in [0, 0.05) is 19.4 Å². The summed E-state index contributed by atoms with van der Waals surface area (Å²) in [6, 6.07) is 2.17. The van der Waals surface area contributed by atoms with Crippen molar-refractivity contribution in [3.05, 3.63) is 18.2 Å². The number of hydrogen-bond acceptors (Lipinski definition) is 2. The maximum atomic E-state index is 8.50. The number of nitrogens with one attached hydrogen (secondary N) is 1. The molecule has 1 rings (SSSR count). The second-order valence-electron chi connectivity index (χ2n) is 4.08. The minimum atomic E-state index is 0.624. The molecule has 0 unspecified atom stereocenters. The molecular weight excluding hydrogens is 214 g/mol. The predicted molar refractivity (Wildman–Crippen MR) is 65.3 cm³/mol. The molecule has 1 heterocycles. The zero-order chi connectivity index (χ0) is 12.3. The number of aryl methyl sites for hydroxylation is 2. The van der Waals surface area contributed by atoms with E-state index >= 15 is 0 Å². The molecule has 0 spiro atoms. The van der Waals surface area contributed by atoms with E-state index in [0.29, 0.717) is 6.42 Å². The molecule has 0 aliphatic rings. The third kappa shape index (κ3) is 5.50. The number of H-pyrrole nitrogens is 1. The standard InChI is InChI=1S/C13H21N3O/c1-2-11-17-12-5-9-16-10-8-15-13(16)6-3-4-7-14/h8,10H,2-6,9,11-12H2,1H3/p+1. The molecule has 0 radical (unpaired) electrons. The number of hydrogen-bond donors (Lipinski definition) is 1. The van der Waals surface area contributed by atoms with Gasteiger partial charge >= 0.3 is 0 Å². The lowest BCUT2D eigenvalue weighted by atomic mass is 10.2. The van der Waals surface area contributed by atoms with E-state index in [2.05, 4.69) is 28.7 Å². The molecule has 0 aliphatic heterocycles. The zero-order valence-electron chi connectivity index (χ0n) is 10.6. The zero-order valence-corrected chi connectivity index (χ0v) is 10.6. The Morgan fingerprint density at radius 2 is 2.29 bits per heavy atom. The Balaban J connectivity index is 2.23. The third-order valence-corrected chi connectivity index (χ3v) is 2.59. The summed E-state index contributed by atoms with van der Waals surface area (Å²) in [7, 11) is 0. The summed E-state index contributed by atoms with van der Waals surface area (Å²) in [6.07, 6.45) is 8.61. The van der Waals surface area contributed by atoms with Crippen LogP contribution in [0, 0.1) is 11.3 Å². The highest BCUT2D eigenvalue weighted by Crippen LogP contribution is 1.97. The fourth-order valence-electron chi connectivity index (χ4n) is 1.74. The van der Waals surface area contributed by atoms with E-state index < -0.39 is 0 Å². The highest BCUT2D eigenvalue weighted by atomic mass is 16.5. The quantitative estimate of drug-likeness (QED) is 0.526. The third-order valence-electron chi connectivity index (χ3n) is 2.59. The van der Waals surface area contributed by atoms with E-state index in [1.807, 2.05) is 6.20 Å². The van der Waals surface area contributed by atoms with Gasteiger partial charge < -0.3 is 4.74 Å². The molecule has 0 saturated heterocycles. The Bertz CT molecular complexity index is 341. The highest BCUT2D eigenvalue weighted by molar-refractivity contribution is 4.80. The molecule has 0 bridgehead atoms. The number of nitriles is 1. The number of aromatic nitrogens is 2. The van der Waals surface area contributed by atoms with Gasteiger partial charge in [-0.3, -0.25) is 0 Å². The Hall–Kier alpha value is -1.34. The Morgan fingerprint density at radius 3 is 3.06 bits per heavy atom. The van der Waals surface area contributed by atoms with Crippen molar-refractivity contribution >= 4 is 0 Å². The van der Waals surface area contributed by atoms with E-state index in [0.717, 1.165) is 45.4 Å². The first-order valence-electron chi connectivity index (χ1n) is 6.39. The van der Waals surface area contributed by atoms with Crippen LogP contribution in [0.3, 0.4) is 0 Å². The summed E-state index contributed by atoms with van der Waals surface area (Å²) in [5.74, 6) is 1.20. The molecule has 94 valence electrons. The molecule has 0 amide bonds. The van der Waals surface area contributed by atoms with Gasteiger partial charge in [0.1, 0.15) is 12.4 Å². The van der Waals surface area contributed by atoms with Crippen LogP contribution < -0.4 is 4.57 Å². The molecule has 1 aromatic heterocycles. The topological polar surface area (TPSA) is 52.7 Å². The van der Waals surface area contributed by atoms with E-state index in [1.165, 1.54) is 5.82 Å². The minimum Gasteiger partial charge on any atom is -0.381 e. The molecule has 1 N–H and O–H groups in total. The van der Waals surface area contributed by atoms with Gasteiger partial charge in [-0.1, -0.05) is 6.92 Å². The molecule has 0 atom stereocenters. The molecule has 1 aromatic rings. The van der Waals surface area contributed by atoms with Crippen molar-refractivity contribution in [2.45, 2.75) is 45.6 Å². The van der Waals surface area contributed by atoms with Crippen LogP contribution >= 0.6 is 0 Å². The van der Waals surface area contributed by atoms with E-state index in [4.69, 9.17) is 10.00 Å². The maximum Gasteiger partial charge on any atom is 0.254 e. The average Bonchev–Trinajstić information content (AvgIpc) is 2.77. The fourth-order valence-corrected chi connectivity index (χ4v) is 1.74. The number of imidazole rings is 1. The predicted octanol–water partition coefficient (Wildman–Crippen LogP) is 1.97. The molecule has 0 aromatic carbocycles. The van der Waals surface area contributed by atoms with Crippen LogP contribution in [-0.2, 0) is 17.7 Å². The van der Waals surface area contributed by atoms with Crippen LogP contribution in [-0.4, -0.2) is 18.2 Å². The van der Waals surface area contributed by atoms with Gasteiger partial charge in [-0.05, 0) is 12.8 Å². The van der Waals surface area contributed by atoms with Gasteiger partial charge in [0.2, 0.25) is 0 Å². The van der Waals surface area contributed by atoms with Gasteiger partial charge in [-0.2, -0.15) is 5.26 Å². The van der Waals surface area contributed by atoms with Crippen molar-refractivity contribution in [2.75, 3.05) is 13.2 Å². The highest BCUT2D eigenvalue weighted by Gasteiger charge is 2.09.